The third kappa shape index (κ3) is 4.81. The van der Waals surface area contributed by atoms with E-state index in [4.69, 9.17) is 35.4 Å². The van der Waals surface area contributed by atoms with Gasteiger partial charge in [-0.3, -0.25) is 4.79 Å². The number of nitrogens with zero attached hydrogens (tertiary/aromatic N) is 1. The van der Waals surface area contributed by atoms with Gasteiger partial charge in [0, 0.05) is 13.1 Å². The molecule has 3 rings (SSSR count). The van der Waals surface area contributed by atoms with Crippen LogP contribution in [0.15, 0.2) is 60.7 Å². The highest BCUT2D eigenvalue weighted by atomic mass is 35.5. The summed E-state index contributed by atoms with van der Waals surface area (Å²) in [6.45, 7) is 3.08. The molecule has 1 fully saturated rings. The predicted molar refractivity (Wildman–Crippen MR) is 115 cm³/mol. The van der Waals surface area contributed by atoms with Crippen molar-refractivity contribution in [3.05, 3.63) is 71.8 Å². The smallest absolute Gasteiger partial charge is 0.235 e. The van der Waals surface area contributed by atoms with Gasteiger partial charge in [0.05, 0.1) is 5.41 Å². The normalized spacial score (nSPS) is 20.0. The second-order valence-corrected chi connectivity index (χ2v) is 8.99. The van der Waals surface area contributed by atoms with Gasteiger partial charge in [-0.05, 0) is 43.1 Å². The third-order valence-electron chi connectivity index (χ3n) is 5.00. The lowest BCUT2D eigenvalue weighted by Crippen LogP contribution is -2.46. The average molecular weight is 421 g/mol. The molecule has 1 aliphatic rings. The van der Waals surface area contributed by atoms with Gasteiger partial charge in [0.15, 0.2) is 5.11 Å². The maximum absolute atomic E-state index is 12.6. The molecule has 0 aromatic heterocycles. The van der Waals surface area contributed by atoms with Gasteiger partial charge < -0.3 is 10.2 Å². The van der Waals surface area contributed by atoms with Gasteiger partial charge in [-0.15, -0.1) is 23.2 Å². The number of carbonyl (C=O) groups is 1. The maximum atomic E-state index is 12.6. The molecule has 0 saturated heterocycles. The fraction of sp³-hybridized carbons (Fsp3) is 0.333. The Hall–Kier alpha value is -1.62. The Bertz CT molecular complexity index is 813. The Morgan fingerprint density at radius 3 is 2.11 bits per heavy atom. The Labute approximate surface area is 175 Å². The van der Waals surface area contributed by atoms with Gasteiger partial charge in [0.25, 0.3) is 0 Å². The molecule has 3 nitrogen and oxygen atoms in total. The molecular formula is C21H22Cl2N2OS. The zero-order valence-electron chi connectivity index (χ0n) is 15.1. The molecule has 0 bridgehead atoms. The van der Waals surface area contributed by atoms with Crippen LogP contribution in [0.5, 0.6) is 0 Å². The molecule has 1 amide bonds. The number of nitrogens with one attached hydrogen (secondary N) is 1. The topological polar surface area (TPSA) is 32.3 Å². The lowest BCUT2D eigenvalue weighted by molar-refractivity contribution is -0.124. The van der Waals surface area contributed by atoms with Crippen LogP contribution in [0.2, 0.25) is 0 Å². The van der Waals surface area contributed by atoms with Crippen molar-refractivity contribution in [3.8, 4) is 0 Å². The van der Waals surface area contributed by atoms with E-state index >= 15 is 0 Å². The predicted octanol–water partition coefficient (Wildman–Crippen LogP) is 4.72. The van der Waals surface area contributed by atoms with Crippen LogP contribution in [0.4, 0.5) is 0 Å². The Balaban J connectivity index is 1.68. The van der Waals surface area contributed by atoms with Crippen molar-refractivity contribution in [1.29, 1.82) is 0 Å². The van der Waals surface area contributed by atoms with Crippen LogP contribution in [0.3, 0.4) is 0 Å². The summed E-state index contributed by atoms with van der Waals surface area (Å²) in [5.41, 5.74) is 1.56. The summed E-state index contributed by atoms with van der Waals surface area (Å²) in [6.07, 6.45) is 1.26. The first-order valence-corrected chi connectivity index (χ1v) is 10.0. The fourth-order valence-corrected chi connectivity index (χ4v) is 3.88. The summed E-state index contributed by atoms with van der Waals surface area (Å²) in [5, 5.41) is 3.24. The molecule has 1 saturated carbocycles. The minimum atomic E-state index is -1.01. The van der Waals surface area contributed by atoms with E-state index < -0.39 is 9.75 Å². The molecule has 2 aromatic carbocycles. The van der Waals surface area contributed by atoms with E-state index in [1.54, 1.807) is 6.92 Å². The molecule has 27 heavy (non-hydrogen) atoms. The third-order valence-corrected chi connectivity index (χ3v) is 6.46. The van der Waals surface area contributed by atoms with Crippen LogP contribution >= 0.6 is 35.4 Å². The van der Waals surface area contributed by atoms with Gasteiger partial charge in [0.1, 0.15) is 4.33 Å². The number of amides is 1. The summed E-state index contributed by atoms with van der Waals surface area (Å²) in [7, 11) is 0. The van der Waals surface area contributed by atoms with E-state index in [0.717, 1.165) is 12.0 Å². The van der Waals surface area contributed by atoms with Crippen molar-refractivity contribution in [2.24, 2.45) is 5.41 Å². The van der Waals surface area contributed by atoms with Crippen molar-refractivity contribution in [3.63, 3.8) is 0 Å². The van der Waals surface area contributed by atoms with Crippen LogP contribution in [0.25, 0.3) is 0 Å². The molecular weight excluding hydrogens is 399 g/mol. The van der Waals surface area contributed by atoms with Crippen LogP contribution in [0, 0.1) is 5.41 Å². The van der Waals surface area contributed by atoms with E-state index in [-0.39, 0.29) is 5.91 Å². The summed E-state index contributed by atoms with van der Waals surface area (Å²) in [5.74, 6) is -0.227. The maximum Gasteiger partial charge on any atom is 0.235 e. The molecule has 1 N–H and O–H groups in total. The second kappa shape index (κ2) is 8.17. The van der Waals surface area contributed by atoms with Crippen LogP contribution < -0.4 is 5.32 Å². The molecule has 142 valence electrons. The number of hydrogen-bond donors (Lipinski definition) is 1. The van der Waals surface area contributed by atoms with Crippen molar-refractivity contribution in [2.75, 3.05) is 6.54 Å². The Kier molecular flexibility index (Phi) is 6.09. The van der Waals surface area contributed by atoms with Crippen LogP contribution in [0.1, 0.15) is 24.5 Å². The van der Waals surface area contributed by atoms with Crippen molar-refractivity contribution >= 4 is 46.4 Å². The molecule has 0 aliphatic heterocycles. The zero-order chi connectivity index (χ0) is 19.5. The van der Waals surface area contributed by atoms with Crippen LogP contribution in [-0.4, -0.2) is 26.8 Å². The summed E-state index contributed by atoms with van der Waals surface area (Å²) >= 11 is 17.8. The highest BCUT2D eigenvalue weighted by Crippen LogP contribution is 2.63. The van der Waals surface area contributed by atoms with Gasteiger partial charge in [0.2, 0.25) is 5.91 Å². The molecule has 0 heterocycles. The highest BCUT2D eigenvalue weighted by Gasteiger charge is 2.68. The molecule has 0 radical (unpaired) electrons. The van der Waals surface area contributed by atoms with E-state index in [9.17, 15) is 4.79 Å². The number of benzene rings is 2. The van der Waals surface area contributed by atoms with Gasteiger partial charge in [-0.1, -0.05) is 60.7 Å². The van der Waals surface area contributed by atoms with Crippen molar-refractivity contribution in [2.45, 2.75) is 30.6 Å². The number of halogens is 2. The van der Waals surface area contributed by atoms with E-state index in [2.05, 4.69) is 17.4 Å². The minimum Gasteiger partial charge on any atom is -0.344 e. The van der Waals surface area contributed by atoms with E-state index in [1.807, 2.05) is 53.4 Å². The first-order chi connectivity index (χ1) is 12.8. The monoisotopic (exact) mass is 420 g/mol. The quantitative estimate of drug-likeness (QED) is 0.541. The van der Waals surface area contributed by atoms with E-state index in [1.165, 1.54) is 5.56 Å². The average Bonchev–Trinajstić information content (AvgIpc) is 3.19. The molecule has 1 atom stereocenters. The standard InChI is InChI=1S/C21H22Cl2N2OS/c1-20(15-21(20,22)23)18(26)24-19(27)25(14-17-10-6-3-7-11-17)13-12-16-8-4-2-5-9-16/h2-11H,12-15H2,1H3,(H,24,26,27). The summed E-state index contributed by atoms with van der Waals surface area (Å²) in [4.78, 5) is 14.6. The minimum absolute atomic E-state index is 0.227. The summed E-state index contributed by atoms with van der Waals surface area (Å²) in [6, 6.07) is 20.3. The van der Waals surface area contributed by atoms with Gasteiger partial charge >= 0.3 is 0 Å². The Morgan fingerprint density at radius 2 is 1.59 bits per heavy atom. The molecule has 1 unspecified atom stereocenters. The van der Waals surface area contributed by atoms with Crippen LogP contribution in [-0.2, 0) is 17.8 Å². The number of rotatable bonds is 6. The first-order valence-electron chi connectivity index (χ1n) is 8.88. The number of thiocarbonyl (C=S) groups is 1. The lowest BCUT2D eigenvalue weighted by Gasteiger charge is -2.26. The molecule has 6 heteroatoms. The van der Waals surface area contributed by atoms with E-state index in [0.29, 0.717) is 24.6 Å². The first kappa shape index (κ1) is 20.1. The van der Waals surface area contributed by atoms with Crippen molar-refractivity contribution in [1.82, 2.24) is 10.2 Å². The number of carbonyl (C=O) groups excluding carboxylic acids is 1. The fourth-order valence-electron chi connectivity index (χ4n) is 2.93. The largest absolute Gasteiger partial charge is 0.344 e. The zero-order valence-corrected chi connectivity index (χ0v) is 17.4. The van der Waals surface area contributed by atoms with Crippen molar-refractivity contribution < 1.29 is 4.79 Å². The highest BCUT2D eigenvalue weighted by molar-refractivity contribution is 7.80. The SMILES string of the molecule is CC1(C(=O)NC(=S)N(CCc2ccccc2)Cc2ccccc2)CC1(Cl)Cl. The number of alkyl halides is 2. The van der Waals surface area contributed by atoms with Gasteiger partial charge in [-0.25, -0.2) is 0 Å². The lowest BCUT2D eigenvalue weighted by atomic mass is 10.1. The van der Waals surface area contributed by atoms with Gasteiger partial charge in [-0.2, -0.15) is 0 Å². The molecule has 2 aromatic rings. The summed E-state index contributed by atoms with van der Waals surface area (Å²) < 4.78 is -1.01. The molecule has 0 spiro atoms. The second-order valence-electron chi connectivity index (χ2n) is 7.12. The number of hydrogen-bond acceptors (Lipinski definition) is 2. The Morgan fingerprint density at radius 1 is 1.07 bits per heavy atom. The molecule has 1 aliphatic carbocycles.